The fraction of sp³-hybridized carbons (Fsp3) is 0.400. The highest BCUT2D eigenvalue weighted by Gasteiger charge is 2.30. The Morgan fingerprint density at radius 1 is 1.21 bits per heavy atom. The predicted molar refractivity (Wildman–Crippen MR) is 75.1 cm³/mol. The molecule has 1 unspecified atom stereocenters. The number of aryl methyl sites for hydroxylation is 1. The van der Waals surface area contributed by atoms with Crippen molar-refractivity contribution in [2.75, 3.05) is 18.0 Å². The molecule has 0 fully saturated rings. The standard InChI is InChI=1S/C15H18N4/c1-2-6-13-11(4-1)5-3-7-19(13)14-10-16-8-12-9-17-18-15(12)14/h1-2,4,6,9,14,16H,3,5,7-8,10H2,(H,17,18). The zero-order valence-electron chi connectivity index (χ0n) is 10.9. The average Bonchev–Trinajstić information content (AvgIpc) is 2.95. The highest BCUT2D eigenvalue weighted by molar-refractivity contribution is 5.57. The third-order valence-electron chi connectivity index (χ3n) is 4.26. The SMILES string of the molecule is c1ccc2c(c1)CCCN2C1CNCc2cn[nH]c21. The van der Waals surface area contributed by atoms with E-state index in [-0.39, 0.29) is 0 Å². The molecule has 4 nitrogen and oxygen atoms in total. The Balaban J connectivity index is 1.76. The molecule has 2 aliphatic heterocycles. The van der Waals surface area contributed by atoms with Crippen molar-refractivity contribution in [3.8, 4) is 0 Å². The van der Waals surface area contributed by atoms with E-state index in [2.05, 4.69) is 44.7 Å². The molecule has 1 aromatic heterocycles. The smallest absolute Gasteiger partial charge is 0.0835 e. The lowest BCUT2D eigenvalue weighted by atomic mass is 9.96. The van der Waals surface area contributed by atoms with E-state index >= 15 is 0 Å². The first-order valence-corrected chi connectivity index (χ1v) is 7.01. The van der Waals surface area contributed by atoms with Gasteiger partial charge in [-0.2, -0.15) is 5.10 Å². The summed E-state index contributed by atoms with van der Waals surface area (Å²) in [6.07, 6.45) is 4.38. The van der Waals surface area contributed by atoms with Crippen molar-refractivity contribution in [3.63, 3.8) is 0 Å². The summed E-state index contributed by atoms with van der Waals surface area (Å²) >= 11 is 0. The summed E-state index contributed by atoms with van der Waals surface area (Å²) in [4.78, 5) is 2.53. The summed E-state index contributed by atoms with van der Waals surface area (Å²) in [6.45, 7) is 3.04. The normalized spacial score (nSPS) is 21.9. The van der Waals surface area contributed by atoms with Crippen LogP contribution in [0.2, 0.25) is 0 Å². The van der Waals surface area contributed by atoms with E-state index < -0.39 is 0 Å². The third-order valence-corrected chi connectivity index (χ3v) is 4.26. The van der Waals surface area contributed by atoms with Gasteiger partial charge >= 0.3 is 0 Å². The summed E-state index contributed by atoms with van der Waals surface area (Å²) in [5.74, 6) is 0. The Bertz CT molecular complexity index is 589. The molecule has 2 N–H and O–H groups in total. The average molecular weight is 254 g/mol. The van der Waals surface area contributed by atoms with Crippen LogP contribution in [0.5, 0.6) is 0 Å². The van der Waals surface area contributed by atoms with Crippen LogP contribution < -0.4 is 10.2 Å². The number of fused-ring (bicyclic) bond motifs is 2. The van der Waals surface area contributed by atoms with E-state index in [1.807, 2.05) is 6.20 Å². The number of hydrogen-bond donors (Lipinski definition) is 2. The lowest BCUT2D eigenvalue weighted by molar-refractivity contribution is 0.491. The number of para-hydroxylation sites is 1. The van der Waals surface area contributed by atoms with Crippen LogP contribution in [0.15, 0.2) is 30.5 Å². The number of anilines is 1. The number of H-pyrrole nitrogens is 1. The summed E-state index contributed by atoms with van der Waals surface area (Å²) in [6, 6.07) is 9.17. The van der Waals surface area contributed by atoms with Gasteiger partial charge in [0, 0.05) is 30.9 Å². The topological polar surface area (TPSA) is 44.0 Å². The molecule has 19 heavy (non-hydrogen) atoms. The van der Waals surface area contributed by atoms with Crippen LogP contribution >= 0.6 is 0 Å². The van der Waals surface area contributed by atoms with Gasteiger partial charge in [-0.15, -0.1) is 0 Å². The van der Waals surface area contributed by atoms with Crippen molar-refractivity contribution in [2.24, 2.45) is 0 Å². The predicted octanol–water partition coefficient (Wildman–Crippen LogP) is 2.01. The molecule has 2 aromatic rings. The summed E-state index contributed by atoms with van der Waals surface area (Å²) in [5, 5.41) is 10.9. The lowest BCUT2D eigenvalue weighted by Crippen LogP contribution is -2.42. The van der Waals surface area contributed by atoms with E-state index in [9.17, 15) is 0 Å². The second kappa shape index (κ2) is 4.38. The monoisotopic (exact) mass is 254 g/mol. The number of hydrogen-bond acceptors (Lipinski definition) is 3. The van der Waals surface area contributed by atoms with Crippen molar-refractivity contribution in [1.29, 1.82) is 0 Å². The highest BCUT2D eigenvalue weighted by atomic mass is 15.2. The molecule has 0 aliphatic carbocycles. The van der Waals surface area contributed by atoms with Crippen LogP contribution in [0.1, 0.15) is 29.3 Å². The van der Waals surface area contributed by atoms with Crippen molar-refractivity contribution in [2.45, 2.75) is 25.4 Å². The van der Waals surface area contributed by atoms with E-state index in [4.69, 9.17) is 0 Å². The number of nitrogens with zero attached hydrogens (tertiary/aromatic N) is 2. The van der Waals surface area contributed by atoms with Crippen LogP contribution in [0.25, 0.3) is 0 Å². The molecule has 4 heteroatoms. The van der Waals surface area contributed by atoms with E-state index in [0.717, 1.165) is 19.6 Å². The van der Waals surface area contributed by atoms with Gasteiger partial charge in [-0.05, 0) is 24.5 Å². The molecular formula is C15H18N4. The first-order valence-electron chi connectivity index (χ1n) is 7.01. The summed E-state index contributed by atoms with van der Waals surface area (Å²) < 4.78 is 0. The largest absolute Gasteiger partial charge is 0.361 e. The van der Waals surface area contributed by atoms with Gasteiger partial charge in [-0.3, -0.25) is 5.10 Å². The van der Waals surface area contributed by atoms with Crippen molar-refractivity contribution in [3.05, 3.63) is 47.3 Å². The van der Waals surface area contributed by atoms with E-state index in [1.165, 1.54) is 35.3 Å². The van der Waals surface area contributed by atoms with Gasteiger partial charge < -0.3 is 10.2 Å². The quantitative estimate of drug-likeness (QED) is 0.818. The van der Waals surface area contributed by atoms with E-state index in [0.29, 0.717) is 6.04 Å². The minimum Gasteiger partial charge on any atom is -0.361 e. The Kier molecular flexibility index (Phi) is 2.55. The Hall–Kier alpha value is -1.81. The fourth-order valence-corrected chi connectivity index (χ4v) is 3.35. The molecule has 0 bridgehead atoms. The summed E-state index contributed by atoms with van der Waals surface area (Å²) in [7, 11) is 0. The summed E-state index contributed by atoms with van der Waals surface area (Å²) in [5.41, 5.74) is 5.46. The first-order chi connectivity index (χ1) is 9.43. The number of aromatic amines is 1. The van der Waals surface area contributed by atoms with Crippen LogP contribution in [0, 0.1) is 0 Å². The van der Waals surface area contributed by atoms with Crippen LogP contribution in [-0.2, 0) is 13.0 Å². The van der Waals surface area contributed by atoms with Crippen molar-refractivity contribution in [1.82, 2.24) is 15.5 Å². The maximum atomic E-state index is 4.21. The Morgan fingerprint density at radius 3 is 3.16 bits per heavy atom. The van der Waals surface area contributed by atoms with Gasteiger partial charge in [0.2, 0.25) is 0 Å². The van der Waals surface area contributed by atoms with Gasteiger partial charge in [0.15, 0.2) is 0 Å². The molecule has 1 aromatic carbocycles. The Morgan fingerprint density at radius 2 is 2.16 bits per heavy atom. The molecule has 0 amide bonds. The number of nitrogens with one attached hydrogen (secondary N) is 2. The second-order valence-corrected chi connectivity index (χ2v) is 5.38. The molecule has 0 saturated carbocycles. The number of aromatic nitrogens is 2. The minimum absolute atomic E-state index is 0.382. The van der Waals surface area contributed by atoms with Crippen molar-refractivity contribution < 1.29 is 0 Å². The minimum atomic E-state index is 0.382. The molecule has 0 saturated heterocycles. The molecular weight excluding hydrogens is 236 g/mol. The zero-order chi connectivity index (χ0) is 12.7. The fourth-order valence-electron chi connectivity index (χ4n) is 3.35. The van der Waals surface area contributed by atoms with Gasteiger partial charge in [0.05, 0.1) is 17.9 Å². The highest BCUT2D eigenvalue weighted by Crippen LogP contribution is 2.35. The zero-order valence-corrected chi connectivity index (χ0v) is 10.9. The number of benzene rings is 1. The molecule has 98 valence electrons. The van der Waals surface area contributed by atoms with Crippen LogP contribution in [-0.4, -0.2) is 23.3 Å². The third kappa shape index (κ3) is 1.75. The molecule has 4 rings (SSSR count). The van der Waals surface area contributed by atoms with Gasteiger partial charge in [0.1, 0.15) is 0 Å². The van der Waals surface area contributed by atoms with E-state index in [1.54, 1.807) is 0 Å². The first kappa shape index (κ1) is 11.1. The Labute approximate surface area is 112 Å². The van der Waals surface area contributed by atoms with Crippen molar-refractivity contribution >= 4 is 5.69 Å². The van der Waals surface area contributed by atoms with Gasteiger partial charge in [-0.1, -0.05) is 18.2 Å². The lowest BCUT2D eigenvalue weighted by Gasteiger charge is -2.39. The maximum Gasteiger partial charge on any atom is 0.0835 e. The molecule has 0 radical (unpaired) electrons. The molecule has 3 heterocycles. The number of rotatable bonds is 1. The van der Waals surface area contributed by atoms with Gasteiger partial charge in [-0.25, -0.2) is 0 Å². The molecule has 1 atom stereocenters. The second-order valence-electron chi connectivity index (χ2n) is 5.38. The van der Waals surface area contributed by atoms with Crippen LogP contribution in [0.3, 0.4) is 0 Å². The molecule has 2 aliphatic rings. The maximum absolute atomic E-state index is 4.21. The van der Waals surface area contributed by atoms with Crippen LogP contribution in [0.4, 0.5) is 5.69 Å². The van der Waals surface area contributed by atoms with Gasteiger partial charge in [0.25, 0.3) is 0 Å². The molecule has 0 spiro atoms.